The number of carbonyl (C=O) groups is 1. The van der Waals surface area contributed by atoms with E-state index < -0.39 is 0 Å². The molecule has 1 aliphatic rings. The summed E-state index contributed by atoms with van der Waals surface area (Å²) in [5, 5.41) is 9.20. The van der Waals surface area contributed by atoms with Crippen LogP contribution in [0.4, 0.5) is 0 Å². The molecule has 0 amide bonds. The lowest BCUT2D eigenvalue weighted by Crippen LogP contribution is -2.25. The molecular formula is C11H11NO3. The molecule has 0 fully saturated rings. The van der Waals surface area contributed by atoms with Crippen LogP contribution in [0.2, 0.25) is 0 Å². The molecule has 0 bridgehead atoms. The lowest BCUT2D eigenvalue weighted by atomic mass is 9.91. The first-order valence-corrected chi connectivity index (χ1v) is 4.66. The van der Waals surface area contributed by atoms with E-state index in [-0.39, 0.29) is 25.1 Å². The number of pyridine rings is 1. The molecule has 4 heteroatoms. The molecule has 0 radical (unpaired) electrons. The number of aromatic nitrogens is 1. The lowest BCUT2D eigenvalue weighted by Gasteiger charge is -2.24. The standard InChI is InChI=1S/C11H11NO3/c1-2-7-3-12-4-9-10(7)8(5-13)6-15-11(9)14/h2-4,8,13H,1,5-6H2/t8-/m0/s1. The first-order chi connectivity index (χ1) is 7.27. The molecule has 1 N–H and O–H groups in total. The summed E-state index contributed by atoms with van der Waals surface area (Å²) in [5.41, 5.74) is 2.00. The van der Waals surface area contributed by atoms with Crippen LogP contribution in [-0.4, -0.2) is 29.3 Å². The maximum absolute atomic E-state index is 11.4. The molecule has 2 rings (SSSR count). The quantitative estimate of drug-likeness (QED) is 0.731. The second-order valence-electron chi connectivity index (χ2n) is 3.37. The number of cyclic esters (lactones) is 1. The average Bonchev–Trinajstić information content (AvgIpc) is 2.29. The summed E-state index contributed by atoms with van der Waals surface area (Å²) in [4.78, 5) is 15.4. The molecule has 0 saturated heterocycles. The zero-order valence-corrected chi connectivity index (χ0v) is 8.14. The van der Waals surface area contributed by atoms with Crippen LogP contribution in [0.1, 0.15) is 27.4 Å². The van der Waals surface area contributed by atoms with Gasteiger partial charge in [0, 0.05) is 18.3 Å². The SMILES string of the molecule is C=Cc1cncc2c1[C@@H](CO)COC2=O. The van der Waals surface area contributed by atoms with Gasteiger partial charge in [-0.15, -0.1) is 0 Å². The Kier molecular flexibility index (Phi) is 2.51. The van der Waals surface area contributed by atoms with Crippen molar-refractivity contribution in [3.8, 4) is 0 Å². The monoisotopic (exact) mass is 205 g/mol. The Balaban J connectivity index is 2.61. The third kappa shape index (κ3) is 1.53. The van der Waals surface area contributed by atoms with E-state index in [1.54, 1.807) is 12.3 Å². The van der Waals surface area contributed by atoms with Crippen molar-refractivity contribution in [2.24, 2.45) is 0 Å². The molecule has 2 heterocycles. The minimum atomic E-state index is -0.383. The predicted octanol–water partition coefficient (Wildman–Crippen LogP) is 0.971. The Morgan fingerprint density at radius 2 is 2.47 bits per heavy atom. The molecule has 4 nitrogen and oxygen atoms in total. The van der Waals surface area contributed by atoms with Crippen LogP contribution in [0.3, 0.4) is 0 Å². The van der Waals surface area contributed by atoms with Gasteiger partial charge in [-0.2, -0.15) is 0 Å². The van der Waals surface area contributed by atoms with Gasteiger partial charge in [0.1, 0.15) is 6.61 Å². The highest BCUT2D eigenvalue weighted by Gasteiger charge is 2.28. The Morgan fingerprint density at radius 1 is 1.67 bits per heavy atom. The van der Waals surface area contributed by atoms with E-state index in [2.05, 4.69) is 11.6 Å². The summed E-state index contributed by atoms with van der Waals surface area (Å²) in [6.45, 7) is 3.82. The van der Waals surface area contributed by atoms with E-state index >= 15 is 0 Å². The number of rotatable bonds is 2. The van der Waals surface area contributed by atoms with Crippen LogP contribution >= 0.6 is 0 Å². The van der Waals surface area contributed by atoms with Crippen molar-refractivity contribution in [3.05, 3.63) is 35.7 Å². The summed E-state index contributed by atoms with van der Waals surface area (Å²) in [5.74, 6) is -0.556. The largest absolute Gasteiger partial charge is 0.461 e. The Bertz CT molecular complexity index is 414. The molecular weight excluding hydrogens is 194 g/mol. The third-order valence-electron chi connectivity index (χ3n) is 2.50. The molecule has 1 aliphatic heterocycles. The maximum atomic E-state index is 11.4. The van der Waals surface area contributed by atoms with E-state index in [9.17, 15) is 9.90 Å². The predicted molar refractivity (Wildman–Crippen MR) is 54.4 cm³/mol. The van der Waals surface area contributed by atoms with Crippen molar-refractivity contribution < 1.29 is 14.6 Å². The molecule has 15 heavy (non-hydrogen) atoms. The fraction of sp³-hybridized carbons (Fsp3) is 0.273. The molecule has 0 spiro atoms. The third-order valence-corrected chi connectivity index (χ3v) is 2.50. The van der Waals surface area contributed by atoms with Crippen molar-refractivity contribution in [3.63, 3.8) is 0 Å². The van der Waals surface area contributed by atoms with Crippen molar-refractivity contribution in [2.45, 2.75) is 5.92 Å². The molecule has 0 aromatic carbocycles. The minimum absolute atomic E-state index is 0.0505. The van der Waals surface area contributed by atoms with Crippen molar-refractivity contribution in [1.82, 2.24) is 4.98 Å². The van der Waals surface area contributed by atoms with Crippen LogP contribution in [0.25, 0.3) is 6.08 Å². The number of nitrogens with zero attached hydrogens (tertiary/aromatic N) is 1. The van der Waals surface area contributed by atoms with Gasteiger partial charge in [-0.25, -0.2) is 4.79 Å². The highest BCUT2D eigenvalue weighted by atomic mass is 16.5. The molecule has 1 atom stereocenters. The number of hydrogen-bond acceptors (Lipinski definition) is 4. The van der Waals surface area contributed by atoms with Crippen LogP contribution in [0.15, 0.2) is 19.0 Å². The number of carbonyl (C=O) groups excluding carboxylic acids is 1. The van der Waals surface area contributed by atoms with Crippen LogP contribution in [0, 0.1) is 0 Å². The van der Waals surface area contributed by atoms with E-state index in [0.29, 0.717) is 5.56 Å². The first kappa shape index (κ1) is 9.86. The summed E-state index contributed by atoms with van der Waals surface area (Å²) < 4.78 is 4.93. The zero-order valence-electron chi connectivity index (χ0n) is 8.14. The Hall–Kier alpha value is -1.68. The molecule has 1 aromatic heterocycles. The Labute approximate surface area is 87.2 Å². The number of esters is 1. The first-order valence-electron chi connectivity index (χ1n) is 4.66. The summed E-state index contributed by atoms with van der Waals surface area (Å²) in [6, 6.07) is 0. The highest BCUT2D eigenvalue weighted by molar-refractivity contribution is 5.93. The van der Waals surface area contributed by atoms with E-state index in [0.717, 1.165) is 11.1 Å². The van der Waals surface area contributed by atoms with Crippen molar-refractivity contribution in [2.75, 3.05) is 13.2 Å². The van der Waals surface area contributed by atoms with Gasteiger partial charge < -0.3 is 9.84 Å². The van der Waals surface area contributed by atoms with Gasteiger partial charge in [-0.3, -0.25) is 4.98 Å². The van der Waals surface area contributed by atoms with Crippen molar-refractivity contribution >= 4 is 12.0 Å². The highest BCUT2D eigenvalue weighted by Crippen LogP contribution is 2.29. The number of aliphatic hydroxyl groups excluding tert-OH is 1. The molecule has 1 aromatic rings. The number of ether oxygens (including phenoxy) is 1. The number of hydrogen-bond donors (Lipinski definition) is 1. The van der Waals surface area contributed by atoms with Gasteiger partial charge in [-0.1, -0.05) is 12.7 Å². The number of fused-ring (bicyclic) bond motifs is 1. The average molecular weight is 205 g/mol. The normalized spacial score (nSPS) is 19.3. The molecule has 0 unspecified atom stereocenters. The van der Waals surface area contributed by atoms with Gasteiger partial charge in [-0.05, 0) is 11.1 Å². The van der Waals surface area contributed by atoms with Gasteiger partial charge in [0.2, 0.25) is 0 Å². The second kappa shape index (κ2) is 3.82. The van der Waals surface area contributed by atoms with Gasteiger partial charge >= 0.3 is 5.97 Å². The fourth-order valence-corrected chi connectivity index (χ4v) is 1.75. The van der Waals surface area contributed by atoms with Crippen LogP contribution in [0.5, 0.6) is 0 Å². The summed E-state index contributed by atoms with van der Waals surface area (Å²) in [7, 11) is 0. The second-order valence-corrected chi connectivity index (χ2v) is 3.37. The summed E-state index contributed by atoms with van der Waals surface area (Å²) >= 11 is 0. The molecule has 78 valence electrons. The summed E-state index contributed by atoms with van der Waals surface area (Å²) in [6.07, 6.45) is 4.73. The zero-order chi connectivity index (χ0) is 10.8. The van der Waals surface area contributed by atoms with Gasteiger partial charge in [0.15, 0.2) is 0 Å². The van der Waals surface area contributed by atoms with Crippen LogP contribution < -0.4 is 0 Å². The molecule has 0 aliphatic carbocycles. The van der Waals surface area contributed by atoms with Crippen LogP contribution in [-0.2, 0) is 4.74 Å². The van der Waals surface area contributed by atoms with Gasteiger partial charge in [0.25, 0.3) is 0 Å². The fourth-order valence-electron chi connectivity index (χ4n) is 1.75. The molecule has 0 saturated carbocycles. The maximum Gasteiger partial charge on any atom is 0.340 e. The lowest BCUT2D eigenvalue weighted by molar-refractivity contribution is 0.0403. The van der Waals surface area contributed by atoms with E-state index in [4.69, 9.17) is 4.74 Å². The smallest absolute Gasteiger partial charge is 0.340 e. The van der Waals surface area contributed by atoms with Gasteiger partial charge in [0.05, 0.1) is 12.2 Å². The van der Waals surface area contributed by atoms with Crippen molar-refractivity contribution in [1.29, 1.82) is 0 Å². The Morgan fingerprint density at radius 3 is 3.13 bits per heavy atom. The minimum Gasteiger partial charge on any atom is -0.461 e. The van der Waals surface area contributed by atoms with E-state index in [1.807, 2.05) is 0 Å². The topological polar surface area (TPSA) is 59.4 Å². The van der Waals surface area contributed by atoms with E-state index in [1.165, 1.54) is 6.20 Å². The number of aliphatic hydroxyl groups is 1.